The van der Waals surface area contributed by atoms with E-state index in [0.29, 0.717) is 17.5 Å². The van der Waals surface area contributed by atoms with Gasteiger partial charge in [-0.2, -0.15) is 13.2 Å². The van der Waals surface area contributed by atoms with Crippen LogP contribution in [0.15, 0.2) is 23.6 Å². The molecule has 0 bridgehead atoms. The lowest BCUT2D eigenvalue weighted by molar-refractivity contribution is -0.137. The molecule has 1 nitrogen and oxygen atoms in total. The first kappa shape index (κ1) is 14.1. The van der Waals surface area contributed by atoms with E-state index < -0.39 is 17.6 Å². The van der Waals surface area contributed by atoms with Crippen LogP contribution < -0.4 is 5.73 Å². The van der Waals surface area contributed by atoms with Crippen molar-refractivity contribution in [2.24, 2.45) is 5.73 Å². The van der Waals surface area contributed by atoms with Crippen LogP contribution in [0.3, 0.4) is 0 Å². The summed E-state index contributed by atoms with van der Waals surface area (Å²) in [6.45, 7) is 1.62. The standard InChI is InChI=1S/C11H11F4NS/c1-7(5-17-6-16)9-3-2-8(4-10(9)12)11(13,14)15/h2-5H,6,16H2,1H3/b7-5+. The molecule has 0 aliphatic rings. The van der Waals surface area contributed by atoms with E-state index in [-0.39, 0.29) is 5.56 Å². The highest BCUT2D eigenvalue weighted by atomic mass is 32.2. The van der Waals surface area contributed by atoms with Crippen LogP contribution in [0.1, 0.15) is 18.1 Å². The molecule has 0 fully saturated rings. The molecule has 0 saturated carbocycles. The van der Waals surface area contributed by atoms with Crippen molar-refractivity contribution in [1.82, 2.24) is 0 Å². The molecule has 0 spiro atoms. The maximum Gasteiger partial charge on any atom is 0.416 e. The van der Waals surface area contributed by atoms with Crippen LogP contribution in [0.2, 0.25) is 0 Å². The molecule has 1 aromatic rings. The van der Waals surface area contributed by atoms with Crippen molar-refractivity contribution in [3.05, 3.63) is 40.6 Å². The minimum Gasteiger partial charge on any atom is -0.322 e. The molecule has 0 aliphatic carbocycles. The molecular formula is C11H11F4NS. The van der Waals surface area contributed by atoms with Gasteiger partial charge in [0.1, 0.15) is 5.82 Å². The zero-order valence-electron chi connectivity index (χ0n) is 9.01. The Balaban J connectivity index is 3.06. The Morgan fingerprint density at radius 2 is 2.06 bits per heavy atom. The van der Waals surface area contributed by atoms with Gasteiger partial charge in [-0.3, -0.25) is 0 Å². The van der Waals surface area contributed by atoms with Gasteiger partial charge in [0.05, 0.1) is 5.56 Å². The van der Waals surface area contributed by atoms with Gasteiger partial charge in [-0.05, 0) is 30.0 Å². The minimum atomic E-state index is -4.52. The van der Waals surface area contributed by atoms with Crippen molar-refractivity contribution < 1.29 is 17.6 Å². The van der Waals surface area contributed by atoms with Crippen molar-refractivity contribution in [3.8, 4) is 0 Å². The summed E-state index contributed by atoms with van der Waals surface area (Å²) in [5, 5.41) is 1.62. The topological polar surface area (TPSA) is 26.0 Å². The number of hydrogen-bond acceptors (Lipinski definition) is 2. The van der Waals surface area contributed by atoms with Crippen LogP contribution in [0, 0.1) is 5.82 Å². The first-order chi connectivity index (χ1) is 7.86. The predicted molar refractivity (Wildman–Crippen MR) is 61.7 cm³/mol. The summed E-state index contributed by atoms with van der Waals surface area (Å²) in [6.07, 6.45) is -4.52. The van der Waals surface area contributed by atoms with E-state index in [2.05, 4.69) is 0 Å². The van der Waals surface area contributed by atoms with Gasteiger partial charge >= 0.3 is 6.18 Å². The lowest BCUT2D eigenvalue weighted by Gasteiger charge is -2.09. The summed E-state index contributed by atoms with van der Waals surface area (Å²) < 4.78 is 50.4. The summed E-state index contributed by atoms with van der Waals surface area (Å²) in [5.41, 5.74) is 4.96. The number of nitrogens with two attached hydrogens (primary N) is 1. The van der Waals surface area contributed by atoms with Crippen LogP contribution in [0.4, 0.5) is 17.6 Å². The monoisotopic (exact) mass is 265 g/mol. The van der Waals surface area contributed by atoms with Crippen LogP contribution in [0.25, 0.3) is 5.57 Å². The molecule has 0 amide bonds. The van der Waals surface area contributed by atoms with E-state index in [9.17, 15) is 17.6 Å². The zero-order chi connectivity index (χ0) is 13.1. The second kappa shape index (κ2) is 5.55. The molecule has 0 saturated heterocycles. The highest BCUT2D eigenvalue weighted by Gasteiger charge is 2.31. The summed E-state index contributed by atoms with van der Waals surface area (Å²) in [4.78, 5) is 0. The third kappa shape index (κ3) is 3.74. The largest absolute Gasteiger partial charge is 0.416 e. The van der Waals surface area contributed by atoms with Crippen LogP contribution in [-0.4, -0.2) is 5.88 Å². The molecule has 0 heterocycles. The van der Waals surface area contributed by atoms with Crippen molar-refractivity contribution in [3.63, 3.8) is 0 Å². The van der Waals surface area contributed by atoms with E-state index in [4.69, 9.17) is 5.73 Å². The van der Waals surface area contributed by atoms with Crippen molar-refractivity contribution in [2.75, 3.05) is 5.88 Å². The molecule has 1 aromatic carbocycles. The summed E-state index contributed by atoms with van der Waals surface area (Å²) in [7, 11) is 0. The van der Waals surface area contributed by atoms with E-state index in [1.165, 1.54) is 11.8 Å². The van der Waals surface area contributed by atoms with E-state index in [1.807, 2.05) is 0 Å². The number of thioether (sulfide) groups is 1. The Morgan fingerprint density at radius 3 is 2.53 bits per heavy atom. The smallest absolute Gasteiger partial charge is 0.322 e. The normalized spacial score (nSPS) is 12.9. The lowest BCUT2D eigenvalue weighted by Crippen LogP contribution is -2.05. The van der Waals surface area contributed by atoms with Crippen molar-refractivity contribution >= 4 is 17.3 Å². The number of alkyl halides is 3. The molecule has 0 aromatic heterocycles. The van der Waals surface area contributed by atoms with Gasteiger partial charge in [-0.15, -0.1) is 11.8 Å². The fourth-order valence-corrected chi connectivity index (χ4v) is 1.72. The van der Waals surface area contributed by atoms with E-state index in [0.717, 1.165) is 12.1 Å². The highest BCUT2D eigenvalue weighted by Crippen LogP contribution is 2.31. The summed E-state index contributed by atoms with van der Waals surface area (Å²) in [6, 6.07) is 2.49. The molecule has 0 aliphatic heterocycles. The zero-order valence-corrected chi connectivity index (χ0v) is 9.83. The SMILES string of the molecule is C/C(=C\SCN)c1ccc(C(F)(F)F)cc1F. The number of hydrogen-bond donors (Lipinski definition) is 1. The van der Waals surface area contributed by atoms with Crippen LogP contribution in [-0.2, 0) is 6.18 Å². The maximum absolute atomic E-state index is 13.5. The molecule has 1 rings (SSSR count). The number of halogens is 4. The average molecular weight is 265 g/mol. The second-order valence-electron chi connectivity index (χ2n) is 3.33. The second-order valence-corrected chi connectivity index (χ2v) is 4.23. The lowest BCUT2D eigenvalue weighted by atomic mass is 10.1. The van der Waals surface area contributed by atoms with Gasteiger partial charge in [0.15, 0.2) is 0 Å². The Morgan fingerprint density at radius 1 is 1.41 bits per heavy atom. The van der Waals surface area contributed by atoms with Crippen molar-refractivity contribution in [1.29, 1.82) is 0 Å². The molecule has 94 valence electrons. The molecule has 17 heavy (non-hydrogen) atoms. The fraction of sp³-hybridized carbons (Fsp3) is 0.273. The van der Waals surface area contributed by atoms with Gasteiger partial charge in [-0.25, -0.2) is 4.39 Å². The average Bonchev–Trinajstić information content (AvgIpc) is 2.24. The highest BCUT2D eigenvalue weighted by molar-refractivity contribution is 8.02. The maximum atomic E-state index is 13.5. The van der Waals surface area contributed by atoms with Gasteiger partial charge in [-0.1, -0.05) is 6.07 Å². The van der Waals surface area contributed by atoms with E-state index in [1.54, 1.807) is 12.3 Å². The Kier molecular flexibility index (Phi) is 4.59. The van der Waals surface area contributed by atoms with Crippen LogP contribution in [0.5, 0.6) is 0 Å². The molecule has 0 radical (unpaired) electrons. The molecule has 0 atom stereocenters. The summed E-state index contributed by atoms with van der Waals surface area (Å²) >= 11 is 1.26. The van der Waals surface area contributed by atoms with Crippen molar-refractivity contribution in [2.45, 2.75) is 13.1 Å². The molecular weight excluding hydrogens is 254 g/mol. The van der Waals surface area contributed by atoms with Gasteiger partial charge in [0, 0.05) is 11.4 Å². The third-order valence-corrected chi connectivity index (χ3v) is 2.79. The molecule has 2 N–H and O–H groups in total. The van der Waals surface area contributed by atoms with E-state index >= 15 is 0 Å². The quantitative estimate of drug-likeness (QED) is 0.663. The van der Waals surface area contributed by atoms with Gasteiger partial charge in [0.25, 0.3) is 0 Å². The number of rotatable bonds is 3. The Hall–Kier alpha value is -1.01. The first-order valence-corrected chi connectivity index (χ1v) is 5.76. The number of allylic oxidation sites excluding steroid dienone is 1. The predicted octanol–water partition coefficient (Wildman–Crippen LogP) is 3.85. The third-order valence-electron chi connectivity index (χ3n) is 2.08. The minimum absolute atomic E-state index is 0.152. The van der Waals surface area contributed by atoms with Gasteiger partial charge in [0.2, 0.25) is 0 Å². The Labute approximate surface area is 101 Å². The first-order valence-electron chi connectivity index (χ1n) is 4.72. The summed E-state index contributed by atoms with van der Waals surface area (Å²) in [5.74, 6) is -0.550. The molecule has 6 heteroatoms. The molecule has 0 unspecified atom stereocenters. The van der Waals surface area contributed by atoms with Crippen LogP contribution >= 0.6 is 11.8 Å². The number of benzene rings is 1. The fourth-order valence-electron chi connectivity index (χ4n) is 1.25. The Bertz CT molecular complexity index is 426. The van der Waals surface area contributed by atoms with Gasteiger partial charge < -0.3 is 5.73 Å².